The van der Waals surface area contributed by atoms with E-state index in [1.807, 2.05) is 0 Å². The third kappa shape index (κ3) is 6.10. The number of fused-ring (bicyclic) bond motifs is 2. The van der Waals surface area contributed by atoms with Gasteiger partial charge < -0.3 is 8.83 Å². The molecule has 2 N–H and O–H groups in total. The monoisotopic (exact) mass is 676 g/mol. The first-order chi connectivity index (χ1) is 20.1. The second-order valence-corrected chi connectivity index (χ2v) is 15.2. The van der Waals surface area contributed by atoms with Crippen LogP contribution in [0.4, 0.5) is 11.4 Å². The van der Waals surface area contributed by atoms with E-state index in [1.165, 1.54) is 45.9 Å². The third-order valence-corrected chi connectivity index (χ3v) is 11.3. The number of nitrogens with one attached hydrogen (secondary N) is 2. The lowest BCUT2D eigenvalue weighted by molar-refractivity contribution is 0.484. The maximum absolute atomic E-state index is 13.2. The Morgan fingerprint density at radius 1 is 0.548 bits per heavy atom. The average molecular weight is 678 g/mol. The first-order valence-corrected chi connectivity index (χ1v) is 17.9. The predicted octanol–water partition coefficient (Wildman–Crippen LogP) is 8.89. The van der Waals surface area contributed by atoms with Gasteiger partial charge in [0, 0.05) is 42.7 Å². The molecule has 42 heavy (non-hydrogen) atoms. The highest BCUT2D eigenvalue weighted by Crippen LogP contribution is 2.45. The number of halogens is 2. The van der Waals surface area contributed by atoms with Crippen molar-refractivity contribution < 1.29 is 25.7 Å². The van der Waals surface area contributed by atoms with Crippen LogP contribution in [0.5, 0.6) is 0 Å². The van der Waals surface area contributed by atoms with Crippen LogP contribution >= 0.6 is 44.8 Å². The number of sulfonamides is 2. The summed E-state index contributed by atoms with van der Waals surface area (Å²) in [6.45, 7) is 0. The molecule has 0 aliphatic heterocycles. The number of anilines is 2. The van der Waals surface area contributed by atoms with Crippen molar-refractivity contribution in [3.8, 4) is 0 Å². The van der Waals surface area contributed by atoms with Gasteiger partial charge in [-0.05, 0) is 48.5 Å². The van der Waals surface area contributed by atoms with Crippen LogP contribution < -0.4 is 9.44 Å². The van der Waals surface area contributed by atoms with Gasteiger partial charge in [-0.1, -0.05) is 81.2 Å². The number of para-hydroxylation sites is 2. The molecule has 0 amide bonds. The van der Waals surface area contributed by atoms with E-state index in [-0.39, 0.29) is 21.6 Å². The molecule has 2 heterocycles. The molecule has 0 bridgehead atoms. The van der Waals surface area contributed by atoms with Crippen molar-refractivity contribution in [2.24, 2.45) is 0 Å². The lowest BCUT2D eigenvalue weighted by Gasteiger charge is -2.14. The maximum Gasteiger partial charge on any atom is 0.295 e. The summed E-state index contributed by atoms with van der Waals surface area (Å²) in [5, 5.41) is 1.44. The van der Waals surface area contributed by atoms with Gasteiger partial charge >= 0.3 is 0 Å². The van der Waals surface area contributed by atoms with Crippen molar-refractivity contribution in [3.63, 3.8) is 0 Å². The molecule has 4 aromatic carbocycles. The van der Waals surface area contributed by atoms with Gasteiger partial charge in [-0.25, -0.2) is 0 Å². The molecule has 0 atom stereocenters. The molecule has 6 aromatic rings. The van der Waals surface area contributed by atoms with Crippen LogP contribution in [0, 0.1) is 0 Å². The Morgan fingerprint density at radius 3 is 1.36 bits per heavy atom. The maximum atomic E-state index is 13.2. The highest BCUT2D eigenvalue weighted by Gasteiger charge is 2.24. The molecular formula is C28H18Cl2N2O6S4. The topological polar surface area (TPSA) is 119 Å². The molecule has 0 fully saturated rings. The minimum atomic E-state index is -4.09. The molecule has 6 rings (SSSR count). The number of hydrogen-bond donors (Lipinski definition) is 2. The van der Waals surface area contributed by atoms with Gasteiger partial charge in [-0.3, -0.25) is 9.44 Å². The van der Waals surface area contributed by atoms with Gasteiger partial charge in [0.1, 0.15) is 11.2 Å². The summed E-state index contributed by atoms with van der Waals surface area (Å²) in [5.41, 5.74) is 1.32. The van der Waals surface area contributed by atoms with Crippen LogP contribution in [-0.4, -0.2) is 16.8 Å². The summed E-state index contributed by atoms with van der Waals surface area (Å²) in [4.78, 5) is 1.04. The fraction of sp³-hybridized carbons (Fsp3) is 0. The smallest absolute Gasteiger partial charge is 0.295 e. The lowest BCUT2D eigenvalue weighted by Crippen LogP contribution is -2.13. The highest BCUT2D eigenvalue weighted by molar-refractivity contribution is 8.76. The van der Waals surface area contributed by atoms with Crippen molar-refractivity contribution in [1.82, 2.24) is 0 Å². The Labute approximate surface area is 258 Å². The van der Waals surface area contributed by atoms with Crippen LogP contribution in [-0.2, 0) is 20.0 Å². The van der Waals surface area contributed by atoms with Crippen molar-refractivity contribution in [3.05, 3.63) is 107 Å². The van der Waals surface area contributed by atoms with Crippen LogP contribution in [0.25, 0.3) is 21.9 Å². The molecule has 0 saturated carbocycles. The molecule has 0 aliphatic rings. The number of rotatable bonds is 9. The van der Waals surface area contributed by atoms with E-state index < -0.39 is 20.0 Å². The number of hydrogen-bond acceptors (Lipinski definition) is 8. The molecule has 0 aliphatic carbocycles. The molecule has 8 nitrogen and oxygen atoms in total. The molecule has 0 radical (unpaired) electrons. The fourth-order valence-corrected chi connectivity index (χ4v) is 8.76. The standard InChI is InChI=1S/C28H18Cl2N2O6S4/c29-19-9-11-25(21(15-19)31-41(33,34)27-13-17-5-1-3-7-23(17)37-27)39-40-26-12-10-20(30)16-22(26)32-42(35,36)28-14-18-6-2-4-8-24(18)38-28/h1-16,31-32H. The molecule has 214 valence electrons. The minimum Gasteiger partial charge on any atom is -0.443 e. The lowest BCUT2D eigenvalue weighted by atomic mass is 10.3. The van der Waals surface area contributed by atoms with Crippen molar-refractivity contribution in [2.75, 3.05) is 9.44 Å². The van der Waals surface area contributed by atoms with Gasteiger partial charge in [0.15, 0.2) is 0 Å². The molecule has 2 aromatic heterocycles. The van der Waals surface area contributed by atoms with Crippen molar-refractivity contribution in [1.29, 1.82) is 0 Å². The average Bonchev–Trinajstić information content (AvgIpc) is 3.59. The van der Waals surface area contributed by atoms with Gasteiger partial charge in [0.25, 0.3) is 20.0 Å². The van der Waals surface area contributed by atoms with E-state index in [1.54, 1.807) is 72.8 Å². The third-order valence-electron chi connectivity index (χ3n) is 5.93. The summed E-state index contributed by atoms with van der Waals surface area (Å²) >= 11 is 12.4. The zero-order chi connectivity index (χ0) is 29.5. The number of benzene rings is 4. The van der Waals surface area contributed by atoms with E-state index in [0.717, 1.165) is 0 Å². The Balaban J connectivity index is 1.26. The van der Waals surface area contributed by atoms with Gasteiger partial charge in [-0.15, -0.1) is 0 Å². The van der Waals surface area contributed by atoms with E-state index in [0.29, 0.717) is 41.8 Å². The predicted molar refractivity (Wildman–Crippen MR) is 169 cm³/mol. The summed E-state index contributed by atoms with van der Waals surface area (Å²) in [5.74, 6) is 0. The summed E-state index contributed by atoms with van der Waals surface area (Å²) in [6.07, 6.45) is 0. The largest absolute Gasteiger partial charge is 0.443 e. The Morgan fingerprint density at radius 2 is 0.952 bits per heavy atom. The zero-order valence-corrected chi connectivity index (χ0v) is 25.9. The summed E-state index contributed by atoms with van der Waals surface area (Å²) in [6, 6.07) is 26.3. The fourth-order valence-electron chi connectivity index (χ4n) is 3.97. The second-order valence-electron chi connectivity index (χ2n) is 8.87. The molecule has 0 unspecified atom stereocenters. The Hall–Kier alpha value is -3.26. The molecular weight excluding hydrogens is 659 g/mol. The number of furan rings is 2. The highest BCUT2D eigenvalue weighted by atomic mass is 35.5. The molecule has 14 heteroatoms. The minimum absolute atomic E-state index is 0.221. The van der Waals surface area contributed by atoms with Crippen molar-refractivity contribution in [2.45, 2.75) is 20.0 Å². The van der Waals surface area contributed by atoms with Crippen LogP contribution in [0.2, 0.25) is 10.0 Å². The quantitative estimate of drug-likeness (QED) is 0.146. The Bertz CT molecular complexity index is 1960. The molecule has 0 spiro atoms. The van der Waals surface area contributed by atoms with Crippen LogP contribution in [0.1, 0.15) is 0 Å². The van der Waals surface area contributed by atoms with Gasteiger partial charge in [0.05, 0.1) is 11.4 Å². The van der Waals surface area contributed by atoms with E-state index in [2.05, 4.69) is 9.44 Å². The van der Waals surface area contributed by atoms with Gasteiger partial charge in [-0.2, -0.15) is 16.8 Å². The first-order valence-electron chi connectivity index (χ1n) is 12.0. The molecule has 0 saturated heterocycles. The SMILES string of the molecule is O=S(=O)(Nc1cc(Cl)ccc1SSc1ccc(Cl)cc1NS(=O)(=O)c1cc2ccccc2o1)c1cc2ccccc2o1. The van der Waals surface area contributed by atoms with Crippen LogP contribution in [0.15, 0.2) is 126 Å². The van der Waals surface area contributed by atoms with Gasteiger partial charge in [0.2, 0.25) is 10.2 Å². The summed E-state index contributed by atoms with van der Waals surface area (Å²) in [7, 11) is -5.80. The summed E-state index contributed by atoms with van der Waals surface area (Å²) < 4.78 is 69.0. The van der Waals surface area contributed by atoms with E-state index >= 15 is 0 Å². The van der Waals surface area contributed by atoms with Crippen LogP contribution in [0.3, 0.4) is 0 Å². The van der Waals surface area contributed by atoms with E-state index in [9.17, 15) is 16.8 Å². The van der Waals surface area contributed by atoms with Crippen molar-refractivity contribution >= 4 is 98.1 Å². The second kappa shape index (κ2) is 11.4. The normalized spacial score (nSPS) is 12.1. The van der Waals surface area contributed by atoms with E-state index in [4.69, 9.17) is 32.0 Å². The first kappa shape index (κ1) is 28.8. The zero-order valence-electron chi connectivity index (χ0n) is 21.1. The Kier molecular flexibility index (Phi) is 7.85.